The van der Waals surface area contributed by atoms with Gasteiger partial charge in [0.1, 0.15) is 16.7 Å². The van der Waals surface area contributed by atoms with E-state index in [1.165, 1.54) is 23.7 Å². The monoisotopic (exact) mass is 558 g/mol. The first kappa shape index (κ1) is 26.1. The fourth-order valence-corrected chi connectivity index (χ4v) is 5.60. The summed E-state index contributed by atoms with van der Waals surface area (Å²) in [7, 11) is 0. The maximum Gasteiger partial charge on any atom is 0.263 e. The third kappa shape index (κ3) is 5.10. The summed E-state index contributed by atoms with van der Waals surface area (Å²) in [4.78, 5) is 40.1. The van der Waals surface area contributed by atoms with Gasteiger partial charge in [0.15, 0.2) is 5.82 Å². The van der Waals surface area contributed by atoms with Crippen LogP contribution in [-0.4, -0.2) is 25.4 Å². The third-order valence-corrected chi connectivity index (χ3v) is 7.64. The van der Waals surface area contributed by atoms with Crippen LogP contribution in [0.25, 0.3) is 37.9 Å². The van der Waals surface area contributed by atoms with E-state index in [0.717, 1.165) is 38.3 Å². The van der Waals surface area contributed by atoms with E-state index in [1.807, 2.05) is 79.7 Å². The second kappa shape index (κ2) is 11.1. The lowest BCUT2D eigenvalue weighted by Crippen LogP contribution is -2.26. The van der Waals surface area contributed by atoms with Gasteiger partial charge in [0, 0.05) is 17.9 Å². The molecule has 8 nitrogen and oxygen atoms in total. The molecule has 41 heavy (non-hydrogen) atoms. The molecule has 0 fully saturated rings. The molecule has 2 N–H and O–H groups in total. The number of fused-ring (bicyclic) bond motifs is 2. The minimum atomic E-state index is -0.285. The summed E-state index contributed by atoms with van der Waals surface area (Å²) in [6.07, 6.45) is 2.77. The predicted octanol–water partition coefficient (Wildman–Crippen LogP) is 6.03. The number of hydrogen-bond donors (Lipinski definition) is 2. The van der Waals surface area contributed by atoms with Crippen molar-refractivity contribution < 1.29 is 4.79 Å². The van der Waals surface area contributed by atoms with Crippen molar-refractivity contribution in [1.82, 2.24) is 24.8 Å². The smallest absolute Gasteiger partial charge is 0.263 e. The van der Waals surface area contributed by atoms with Crippen LogP contribution in [0.5, 0.6) is 0 Å². The van der Waals surface area contributed by atoms with Crippen LogP contribution in [0.1, 0.15) is 24.2 Å². The van der Waals surface area contributed by atoms with Gasteiger partial charge < -0.3 is 10.6 Å². The number of thiazole rings is 1. The molecule has 0 spiro atoms. The van der Waals surface area contributed by atoms with Gasteiger partial charge in [0.2, 0.25) is 5.91 Å². The van der Waals surface area contributed by atoms with Gasteiger partial charge in [-0.25, -0.2) is 15.0 Å². The molecule has 6 rings (SSSR count). The Morgan fingerprint density at radius 1 is 1.02 bits per heavy atom. The molecular weight excluding hydrogens is 532 g/mol. The Labute approximate surface area is 240 Å². The first-order chi connectivity index (χ1) is 20.0. The molecule has 0 unspecified atom stereocenters. The molecular formula is C32H26N6O2S. The predicted molar refractivity (Wildman–Crippen MR) is 164 cm³/mol. The molecule has 1 atom stereocenters. The second-order valence-electron chi connectivity index (χ2n) is 9.53. The van der Waals surface area contributed by atoms with E-state index < -0.39 is 0 Å². The molecule has 0 aliphatic carbocycles. The van der Waals surface area contributed by atoms with Crippen LogP contribution < -0.4 is 16.2 Å². The number of benzene rings is 3. The maximum atomic E-state index is 14.4. The number of carbonyl (C=O) groups excluding carboxylic acids is 1. The number of anilines is 1. The lowest BCUT2D eigenvalue weighted by molar-refractivity contribution is -0.116. The molecule has 0 bridgehead atoms. The van der Waals surface area contributed by atoms with Crippen LogP contribution in [0.3, 0.4) is 0 Å². The second-order valence-corrected chi connectivity index (χ2v) is 10.4. The summed E-state index contributed by atoms with van der Waals surface area (Å²) < 4.78 is 1.76. The normalized spacial score (nSPS) is 11.8. The molecule has 0 saturated carbocycles. The van der Waals surface area contributed by atoms with Gasteiger partial charge in [0.25, 0.3) is 5.56 Å². The highest BCUT2D eigenvalue weighted by Gasteiger charge is 2.20. The van der Waals surface area contributed by atoms with Crippen molar-refractivity contribution in [2.24, 2.45) is 0 Å². The number of rotatable bonds is 8. The first-order valence-electron chi connectivity index (χ1n) is 13.1. The van der Waals surface area contributed by atoms with E-state index in [4.69, 9.17) is 0 Å². The van der Waals surface area contributed by atoms with Gasteiger partial charge >= 0.3 is 0 Å². The lowest BCUT2D eigenvalue weighted by atomic mass is 9.96. The van der Waals surface area contributed by atoms with Gasteiger partial charge in [0.05, 0.1) is 16.9 Å². The number of amides is 1. The van der Waals surface area contributed by atoms with Crippen molar-refractivity contribution in [3.63, 3.8) is 0 Å². The van der Waals surface area contributed by atoms with Crippen molar-refractivity contribution >= 4 is 44.2 Å². The van der Waals surface area contributed by atoms with Crippen LogP contribution in [0, 0.1) is 0 Å². The average molecular weight is 559 g/mol. The Balaban J connectivity index is 1.50. The highest BCUT2D eigenvalue weighted by molar-refractivity contribution is 7.16. The van der Waals surface area contributed by atoms with Gasteiger partial charge in [-0.1, -0.05) is 61.2 Å². The molecule has 0 radical (unpaired) electrons. The molecule has 3 heterocycles. The molecule has 3 aromatic heterocycles. The van der Waals surface area contributed by atoms with Crippen molar-refractivity contribution in [3.8, 4) is 16.8 Å². The van der Waals surface area contributed by atoms with E-state index in [2.05, 4.69) is 38.2 Å². The minimum absolute atomic E-state index is 0.125. The quantitative estimate of drug-likeness (QED) is 0.221. The molecule has 0 aliphatic heterocycles. The number of pyridine rings is 1. The number of nitrogens with zero attached hydrogens (tertiary/aromatic N) is 4. The fraction of sp³-hybridized carbons (Fsp3) is 0.0938. The zero-order chi connectivity index (χ0) is 28.3. The Morgan fingerprint density at radius 2 is 1.85 bits per heavy atom. The largest absolute Gasteiger partial charge is 0.360 e. The molecule has 1 amide bonds. The fourth-order valence-electron chi connectivity index (χ4n) is 4.97. The van der Waals surface area contributed by atoms with Gasteiger partial charge in [-0.05, 0) is 59.3 Å². The highest BCUT2D eigenvalue weighted by Crippen LogP contribution is 2.31. The SMILES string of the molecule is C=CC(=O)NCc1cccc(-c2cccc3cc([C@H](C)Nc4ncnc5scnc45)n(-c4ccccc4)c(=O)c23)c1. The summed E-state index contributed by atoms with van der Waals surface area (Å²) in [5, 5.41) is 7.72. The summed E-state index contributed by atoms with van der Waals surface area (Å²) in [5.74, 6) is 0.379. The number of aromatic nitrogens is 4. The van der Waals surface area contributed by atoms with Gasteiger partial charge in [-0.15, -0.1) is 11.3 Å². The summed E-state index contributed by atoms with van der Waals surface area (Å²) >= 11 is 1.45. The average Bonchev–Trinajstić information content (AvgIpc) is 3.50. The van der Waals surface area contributed by atoms with Crippen LogP contribution in [0.15, 0.2) is 108 Å². The Kier molecular flexibility index (Phi) is 7.09. The van der Waals surface area contributed by atoms with Crippen molar-refractivity contribution in [2.75, 3.05) is 5.32 Å². The molecule has 0 saturated heterocycles. The van der Waals surface area contributed by atoms with E-state index in [0.29, 0.717) is 23.3 Å². The summed E-state index contributed by atoms with van der Waals surface area (Å²) in [6, 6.07) is 25.1. The Morgan fingerprint density at radius 3 is 2.68 bits per heavy atom. The summed E-state index contributed by atoms with van der Waals surface area (Å²) in [5.41, 5.74) is 6.50. The zero-order valence-corrected chi connectivity index (χ0v) is 23.1. The standard InChI is InChI=1S/C32H26N6O2S/c1-3-27(39)33-17-21-9-7-10-22(15-21)25-14-8-11-23-16-26(38(32(40)28(23)25)24-12-5-4-6-13-24)20(2)37-30-29-31(35-18-34-30)41-19-36-29/h3-16,18-20H,1,17H2,2H3,(H,33,39)(H,34,35,37)/t20-/m0/s1. The van der Waals surface area contributed by atoms with E-state index >= 15 is 0 Å². The minimum Gasteiger partial charge on any atom is -0.360 e. The number of nitrogens with one attached hydrogen (secondary N) is 2. The van der Waals surface area contributed by atoms with E-state index in [1.54, 1.807) is 10.1 Å². The summed E-state index contributed by atoms with van der Waals surface area (Å²) in [6.45, 7) is 5.87. The van der Waals surface area contributed by atoms with Gasteiger partial charge in [-0.2, -0.15) is 0 Å². The van der Waals surface area contributed by atoms with Crippen LogP contribution in [-0.2, 0) is 11.3 Å². The number of hydrogen-bond acceptors (Lipinski definition) is 7. The Bertz CT molecular complexity index is 1960. The zero-order valence-electron chi connectivity index (χ0n) is 22.2. The highest BCUT2D eigenvalue weighted by atomic mass is 32.1. The van der Waals surface area contributed by atoms with Crippen LogP contribution in [0.4, 0.5) is 5.82 Å². The molecule has 9 heteroatoms. The van der Waals surface area contributed by atoms with Crippen molar-refractivity contribution in [3.05, 3.63) is 125 Å². The molecule has 202 valence electrons. The van der Waals surface area contributed by atoms with Crippen molar-refractivity contribution in [1.29, 1.82) is 0 Å². The molecule has 3 aromatic carbocycles. The van der Waals surface area contributed by atoms with Crippen molar-refractivity contribution in [2.45, 2.75) is 19.5 Å². The van der Waals surface area contributed by atoms with Crippen LogP contribution in [0.2, 0.25) is 0 Å². The number of para-hydroxylation sites is 1. The number of carbonyl (C=O) groups is 1. The Hall–Kier alpha value is -5.15. The maximum absolute atomic E-state index is 14.4. The van der Waals surface area contributed by atoms with E-state index in [9.17, 15) is 9.59 Å². The third-order valence-electron chi connectivity index (χ3n) is 6.91. The first-order valence-corrected chi connectivity index (χ1v) is 14.0. The van der Waals surface area contributed by atoms with Crippen LogP contribution >= 0.6 is 11.3 Å². The topological polar surface area (TPSA) is 102 Å². The lowest BCUT2D eigenvalue weighted by Gasteiger charge is -2.22. The molecule has 6 aromatic rings. The van der Waals surface area contributed by atoms with Gasteiger partial charge in [-0.3, -0.25) is 14.2 Å². The molecule has 0 aliphatic rings. The van der Waals surface area contributed by atoms with E-state index in [-0.39, 0.29) is 17.5 Å².